The predicted octanol–water partition coefficient (Wildman–Crippen LogP) is 4.33. The molecule has 1 aliphatic carbocycles. The zero-order chi connectivity index (χ0) is 19.0. The van der Waals surface area contributed by atoms with Gasteiger partial charge in [0.05, 0.1) is 6.04 Å². The average molecular weight is 361 g/mol. The highest BCUT2D eigenvalue weighted by molar-refractivity contribution is 5.95. The molecule has 0 fully saturated rings. The molecular formula is C23H27N3O. The van der Waals surface area contributed by atoms with E-state index in [2.05, 4.69) is 78.2 Å². The Morgan fingerprint density at radius 3 is 2.67 bits per heavy atom. The second kappa shape index (κ2) is 7.10. The molecule has 2 aromatic carbocycles. The third kappa shape index (κ3) is 3.20. The lowest BCUT2D eigenvalue weighted by Crippen LogP contribution is -2.30. The second-order valence-corrected chi connectivity index (χ2v) is 7.62. The Morgan fingerprint density at radius 2 is 1.96 bits per heavy atom. The van der Waals surface area contributed by atoms with Crippen LogP contribution >= 0.6 is 0 Å². The predicted molar refractivity (Wildman–Crippen MR) is 112 cm³/mol. The van der Waals surface area contributed by atoms with Crippen LogP contribution in [0.3, 0.4) is 0 Å². The first kappa shape index (κ1) is 17.7. The highest BCUT2D eigenvalue weighted by Crippen LogP contribution is 2.50. The fraction of sp³-hybridized carbons (Fsp3) is 0.348. The van der Waals surface area contributed by atoms with E-state index in [9.17, 15) is 4.79 Å². The van der Waals surface area contributed by atoms with Crippen LogP contribution in [0, 0.1) is 5.92 Å². The van der Waals surface area contributed by atoms with Gasteiger partial charge in [0.1, 0.15) is 0 Å². The van der Waals surface area contributed by atoms with Crippen molar-refractivity contribution >= 4 is 17.3 Å². The second-order valence-electron chi connectivity index (χ2n) is 7.62. The molecule has 4 heteroatoms. The van der Waals surface area contributed by atoms with Crippen LogP contribution in [0.15, 0.2) is 54.6 Å². The summed E-state index contributed by atoms with van der Waals surface area (Å²) in [6, 6.07) is 15.2. The average Bonchev–Trinajstić information content (AvgIpc) is 3.17. The number of nitrogens with zero attached hydrogens (tertiary/aromatic N) is 1. The number of anilines is 2. The standard InChI is InChI=1S/C23H27N3O/c1-4-24-23(27)16-10-13-21-20(14-16)18-6-5-7-19(18)22(25-21)15-8-11-17(12-9-15)26(2)3/h5-6,8-14,18-19,22,25H,4,7H2,1-3H3,(H,24,27). The van der Waals surface area contributed by atoms with Gasteiger partial charge >= 0.3 is 0 Å². The Morgan fingerprint density at radius 1 is 1.19 bits per heavy atom. The first-order valence-corrected chi connectivity index (χ1v) is 9.71. The van der Waals surface area contributed by atoms with Gasteiger partial charge in [0, 0.05) is 43.5 Å². The Bertz CT molecular complexity index is 870. The Labute approximate surface area is 161 Å². The van der Waals surface area contributed by atoms with Crippen LogP contribution in [-0.4, -0.2) is 26.5 Å². The molecular weight excluding hydrogens is 334 g/mol. The zero-order valence-corrected chi connectivity index (χ0v) is 16.2. The summed E-state index contributed by atoms with van der Waals surface area (Å²) in [5, 5.41) is 6.64. The largest absolute Gasteiger partial charge is 0.378 e. The molecule has 3 atom stereocenters. The van der Waals surface area contributed by atoms with Crippen molar-refractivity contribution in [1.29, 1.82) is 0 Å². The summed E-state index contributed by atoms with van der Waals surface area (Å²) in [7, 11) is 4.13. The molecule has 2 aliphatic rings. The Hall–Kier alpha value is -2.75. The molecule has 140 valence electrons. The smallest absolute Gasteiger partial charge is 0.251 e. The van der Waals surface area contributed by atoms with Crippen molar-refractivity contribution in [2.24, 2.45) is 5.92 Å². The molecule has 4 rings (SSSR count). The zero-order valence-electron chi connectivity index (χ0n) is 16.2. The van der Waals surface area contributed by atoms with Gasteiger partial charge in [-0.15, -0.1) is 0 Å². The number of fused-ring (bicyclic) bond motifs is 3. The SMILES string of the molecule is CCNC(=O)c1ccc2c(c1)C1C=CCC1C(c1ccc(N(C)C)cc1)N2. The van der Waals surface area contributed by atoms with Crippen molar-refractivity contribution in [3.63, 3.8) is 0 Å². The molecule has 1 heterocycles. The van der Waals surface area contributed by atoms with E-state index in [-0.39, 0.29) is 11.9 Å². The van der Waals surface area contributed by atoms with Crippen molar-refractivity contribution in [3.8, 4) is 0 Å². The molecule has 0 radical (unpaired) electrons. The van der Waals surface area contributed by atoms with Crippen molar-refractivity contribution in [2.45, 2.75) is 25.3 Å². The Balaban J connectivity index is 1.67. The maximum atomic E-state index is 12.2. The monoisotopic (exact) mass is 361 g/mol. The third-order valence-corrected chi connectivity index (χ3v) is 5.73. The van der Waals surface area contributed by atoms with Crippen LogP contribution < -0.4 is 15.5 Å². The van der Waals surface area contributed by atoms with Gasteiger partial charge in [-0.1, -0.05) is 24.3 Å². The van der Waals surface area contributed by atoms with Crippen LogP contribution in [0.4, 0.5) is 11.4 Å². The summed E-state index contributed by atoms with van der Waals surface area (Å²) in [6.45, 7) is 2.59. The van der Waals surface area contributed by atoms with E-state index in [0.717, 1.165) is 17.7 Å². The summed E-state index contributed by atoms with van der Waals surface area (Å²) in [5.74, 6) is 0.835. The van der Waals surface area contributed by atoms with Crippen LogP contribution in [0.25, 0.3) is 0 Å². The van der Waals surface area contributed by atoms with Gasteiger partial charge < -0.3 is 15.5 Å². The van der Waals surface area contributed by atoms with Gasteiger partial charge in [-0.25, -0.2) is 0 Å². The highest BCUT2D eigenvalue weighted by Gasteiger charge is 2.38. The van der Waals surface area contributed by atoms with Gasteiger partial charge in [0.15, 0.2) is 0 Å². The molecule has 0 bridgehead atoms. The number of amides is 1. The first-order chi connectivity index (χ1) is 13.1. The maximum absolute atomic E-state index is 12.2. The van der Waals surface area contributed by atoms with E-state index in [4.69, 9.17) is 0 Å². The van der Waals surface area contributed by atoms with E-state index in [1.807, 2.05) is 13.0 Å². The minimum Gasteiger partial charge on any atom is -0.378 e. The quantitative estimate of drug-likeness (QED) is 0.797. The minimum absolute atomic E-state index is 0.000208. The fourth-order valence-corrected chi connectivity index (χ4v) is 4.31. The lowest BCUT2D eigenvalue weighted by atomic mass is 9.76. The molecule has 27 heavy (non-hydrogen) atoms. The van der Waals surface area contributed by atoms with Crippen molar-refractivity contribution < 1.29 is 4.79 Å². The number of carbonyl (C=O) groups excluding carboxylic acids is 1. The number of nitrogens with one attached hydrogen (secondary N) is 2. The van der Waals surface area contributed by atoms with Crippen LogP contribution in [0.1, 0.15) is 46.8 Å². The van der Waals surface area contributed by atoms with Gasteiger partial charge in [-0.2, -0.15) is 0 Å². The van der Waals surface area contributed by atoms with E-state index in [0.29, 0.717) is 18.4 Å². The summed E-state index contributed by atoms with van der Waals surface area (Å²) in [6.07, 6.45) is 5.65. The maximum Gasteiger partial charge on any atom is 0.251 e. The lowest BCUT2D eigenvalue weighted by molar-refractivity contribution is 0.0955. The van der Waals surface area contributed by atoms with Crippen LogP contribution in [0.5, 0.6) is 0 Å². The number of rotatable bonds is 4. The minimum atomic E-state index is 0.000208. The normalized spacial score (nSPS) is 22.6. The molecule has 1 aliphatic heterocycles. The fourth-order valence-electron chi connectivity index (χ4n) is 4.31. The van der Waals surface area contributed by atoms with Crippen molar-refractivity contribution in [3.05, 3.63) is 71.3 Å². The number of allylic oxidation sites excluding steroid dienone is 2. The van der Waals surface area contributed by atoms with Gasteiger partial charge in [-0.05, 0) is 60.7 Å². The molecule has 1 amide bonds. The van der Waals surface area contributed by atoms with Crippen LogP contribution in [-0.2, 0) is 0 Å². The number of carbonyl (C=O) groups is 1. The highest BCUT2D eigenvalue weighted by atomic mass is 16.1. The summed E-state index contributed by atoms with van der Waals surface area (Å²) >= 11 is 0. The number of hydrogen-bond donors (Lipinski definition) is 2. The number of benzene rings is 2. The Kier molecular flexibility index (Phi) is 4.65. The lowest BCUT2D eigenvalue weighted by Gasteiger charge is -2.38. The molecule has 0 spiro atoms. The van der Waals surface area contributed by atoms with E-state index in [1.165, 1.54) is 16.8 Å². The molecule has 4 nitrogen and oxygen atoms in total. The van der Waals surface area contributed by atoms with E-state index < -0.39 is 0 Å². The molecule has 2 aromatic rings. The number of hydrogen-bond acceptors (Lipinski definition) is 3. The van der Waals surface area contributed by atoms with Gasteiger partial charge in [-0.3, -0.25) is 4.79 Å². The van der Waals surface area contributed by atoms with Gasteiger partial charge in [0.2, 0.25) is 0 Å². The molecule has 2 N–H and O–H groups in total. The third-order valence-electron chi connectivity index (χ3n) is 5.73. The first-order valence-electron chi connectivity index (χ1n) is 9.71. The van der Waals surface area contributed by atoms with Crippen molar-refractivity contribution in [2.75, 3.05) is 30.9 Å². The topological polar surface area (TPSA) is 44.4 Å². The van der Waals surface area contributed by atoms with Crippen molar-refractivity contribution in [1.82, 2.24) is 5.32 Å². The summed E-state index contributed by atoms with van der Waals surface area (Å²) in [4.78, 5) is 14.4. The summed E-state index contributed by atoms with van der Waals surface area (Å²) < 4.78 is 0. The molecule has 0 saturated carbocycles. The molecule has 3 unspecified atom stereocenters. The molecule has 0 saturated heterocycles. The van der Waals surface area contributed by atoms with E-state index >= 15 is 0 Å². The van der Waals surface area contributed by atoms with Crippen LogP contribution in [0.2, 0.25) is 0 Å². The molecule has 0 aromatic heterocycles. The van der Waals surface area contributed by atoms with Gasteiger partial charge in [0.25, 0.3) is 5.91 Å². The van der Waals surface area contributed by atoms with E-state index in [1.54, 1.807) is 0 Å². The summed E-state index contributed by atoms with van der Waals surface area (Å²) in [5.41, 5.74) is 5.64.